The molecule has 88 valence electrons. The van der Waals surface area contributed by atoms with Crippen LogP contribution in [0.3, 0.4) is 0 Å². The van der Waals surface area contributed by atoms with E-state index in [1.54, 1.807) is 0 Å². The zero-order valence-electron chi connectivity index (χ0n) is 8.82. The number of nitrogens with one attached hydrogen (secondary N) is 1. The molecule has 0 atom stereocenters. The predicted octanol–water partition coefficient (Wildman–Crippen LogP) is 3.77. The van der Waals surface area contributed by atoms with Crippen LogP contribution >= 0.6 is 27.5 Å². The highest BCUT2D eigenvalue weighted by Gasteiger charge is 2.11. The first kappa shape index (κ1) is 13.5. The quantitative estimate of drug-likeness (QED) is 0.666. The molecule has 0 aliphatic rings. The van der Waals surface area contributed by atoms with E-state index in [1.165, 1.54) is 6.07 Å². The van der Waals surface area contributed by atoms with E-state index in [0.29, 0.717) is 11.0 Å². The summed E-state index contributed by atoms with van der Waals surface area (Å²) in [6, 6.07) is 2.64. The Labute approximate surface area is 107 Å². The van der Waals surface area contributed by atoms with Crippen LogP contribution in [0, 0.1) is 5.82 Å². The van der Waals surface area contributed by atoms with Gasteiger partial charge in [0.2, 0.25) is 0 Å². The van der Waals surface area contributed by atoms with E-state index in [2.05, 4.69) is 21.2 Å². The largest absolute Gasteiger partial charge is 0.352 e. The highest BCUT2D eigenvalue weighted by molar-refractivity contribution is 9.10. The van der Waals surface area contributed by atoms with Crippen LogP contribution in [0.15, 0.2) is 16.6 Å². The molecule has 1 amide bonds. The van der Waals surface area contributed by atoms with Crippen LogP contribution < -0.4 is 5.32 Å². The van der Waals surface area contributed by atoms with Crippen LogP contribution in [0.4, 0.5) is 4.39 Å². The molecule has 1 aromatic carbocycles. The van der Waals surface area contributed by atoms with Gasteiger partial charge in [-0.05, 0) is 34.5 Å². The van der Waals surface area contributed by atoms with Crippen molar-refractivity contribution in [2.75, 3.05) is 6.54 Å². The number of benzene rings is 1. The molecule has 0 spiro atoms. The van der Waals surface area contributed by atoms with E-state index in [9.17, 15) is 9.18 Å². The third-order valence-electron chi connectivity index (χ3n) is 2.06. The second-order valence-electron chi connectivity index (χ2n) is 3.36. The summed E-state index contributed by atoms with van der Waals surface area (Å²) in [7, 11) is 0. The summed E-state index contributed by atoms with van der Waals surface area (Å²) >= 11 is 8.72. The lowest BCUT2D eigenvalue weighted by atomic mass is 10.2. The Bertz CT molecular complexity index is 375. The van der Waals surface area contributed by atoms with Crippen molar-refractivity contribution in [3.8, 4) is 0 Å². The fourth-order valence-electron chi connectivity index (χ4n) is 1.17. The smallest absolute Gasteiger partial charge is 0.251 e. The average Bonchev–Trinajstić information content (AvgIpc) is 2.25. The maximum absolute atomic E-state index is 13.2. The predicted molar refractivity (Wildman–Crippen MR) is 66.4 cm³/mol. The third-order valence-corrected chi connectivity index (χ3v) is 3.30. The summed E-state index contributed by atoms with van der Waals surface area (Å²) in [6.45, 7) is 2.63. The van der Waals surface area contributed by atoms with Gasteiger partial charge in [-0.3, -0.25) is 4.79 Å². The van der Waals surface area contributed by atoms with Crippen molar-refractivity contribution in [2.24, 2.45) is 0 Å². The number of hydrogen-bond donors (Lipinski definition) is 1. The van der Waals surface area contributed by atoms with E-state index >= 15 is 0 Å². The molecule has 0 saturated heterocycles. The van der Waals surface area contributed by atoms with Gasteiger partial charge in [-0.15, -0.1) is 0 Å². The van der Waals surface area contributed by atoms with Crippen molar-refractivity contribution in [1.29, 1.82) is 0 Å². The summed E-state index contributed by atoms with van der Waals surface area (Å²) in [5, 5.41) is 2.70. The Kier molecular flexibility index (Phi) is 5.22. The molecule has 0 heterocycles. The van der Waals surface area contributed by atoms with Crippen LogP contribution in [0.1, 0.15) is 30.1 Å². The van der Waals surface area contributed by atoms with Gasteiger partial charge in [-0.25, -0.2) is 4.39 Å². The molecule has 1 rings (SSSR count). The number of hydrogen-bond acceptors (Lipinski definition) is 1. The lowest BCUT2D eigenvalue weighted by Crippen LogP contribution is -2.24. The Balaban J connectivity index is 2.76. The van der Waals surface area contributed by atoms with Gasteiger partial charge in [0.25, 0.3) is 5.91 Å². The Morgan fingerprint density at radius 2 is 2.25 bits per heavy atom. The second kappa shape index (κ2) is 6.21. The summed E-state index contributed by atoms with van der Waals surface area (Å²) < 4.78 is 13.6. The molecule has 0 unspecified atom stereocenters. The van der Waals surface area contributed by atoms with Gasteiger partial charge in [0.1, 0.15) is 5.82 Å². The topological polar surface area (TPSA) is 29.1 Å². The molecular weight excluding hydrogens is 296 g/mol. The Morgan fingerprint density at radius 3 is 2.81 bits per heavy atom. The molecular formula is C11H12BrClFNO. The lowest BCUT2D eigenvalue weighted by Gasteiger charge is -2.06. The number of carbonyl (C=O) groups is 1. The minimum Gasteiger partial charge on any atom is -0.352 e. The first-order chi connectivity index (χ1) is 7.56. The van der Waals surface area contributed by atoms with Gasteiger partial charge in [0, 0.05) is 16.6 Å². The molecule has 0 saturated carbocycles. The fourth-order valence-corrected chi connectivity index (χ4v) is 1.71. The van der Waals surface area contributed by atoms with Crippen LogP contribution in [-0.4, -0.2) is 12.5 Å². The van der Waals surface area contributed by atoms with E-state index in [0.717, 1.165) is 18.9 Å². The summed E-state index contributed by atoms with van der Waals surface area (Å²) in [4.78, 5) is 11.6. The van der Waals surface area contributed by atoms with E-state index in [1.807, 2.05) is 6.92 Å². The average molecular weight is 309 g/mol. The molecule has 5 heteroatoms. The molecule has 0 radical (unpaired) electrons. The monoisotopic (exact) mass is 307 g/mol. The number of carbonyl (C=O) groups excluding carboxylic acids is 1. The SMILES string of the molecule is CCCCNC(=O)c1cc(F)c(Cl)c(Br)c1. The van der Waals surface area contributed by atoms with Crippen LogP contribution in [-0.2, 0) is 0 Å². The van der Waals surface area contributed by atoms with Crippen LogP contribution in [0.25, 0.3) is 0 Å². The van der Waals surface area contributed by atoms with Crippen molar-refractivity contribution in [2.45, 2.75) is 19.8 Å². The standard InChI is InChI=1S/C11H12BrClFNO/c1-2-3-4-15-11(16)7-5-8(12)10(13)9(14)6-7/h5-6H,2-4H2,1H3,(H,15,16). The first-order valence-corrected chi connectivity index (χ1v) is 6.16. The molecule has 2 nitrogen and oxygen atoms in total. The molecule has 0 fully saturated rings. The van der Waals surface area contributed by atoms with E-state index in [-0.39, 0.29) is 16.5 Å². The molecule has 0 aliphatic heterocycles. The summed E-state index contributed by atoms with van der Waals surface area (Å²) in [5.41, 5.74) is 0.268. The molecule has 16 heavy (non-hydrogen) atoms. The maximum atomic E-state index is 13.2. The molecule has 0 aliphatic carbocycles. The fraction of sp³-hybridized carbons (Fsp3) is 0.364. The molecule has 0 bridgehead atoms. The van der Waals surface area contributed by atoms with Crippen molar-refractivity contribution < 1.29 is 9.18 Å². The van der Waals surface area contributed by atoms with Crippen molar-refractivity contribution >= 4 is 33.4 Å². The zero-order valence-corrected chi connectivity index (χ0v) is 11.2. The van der Waals surface area contributed by atoms with E-state index in [4.69, 9.17) is 11.6 Å². The van der Waals surface area contributed by atoms with Crippen molar-refractivity contribution in [1.82, 2.24) is 5.32 Å². The normalized spacial score (nSPS) is 10.2. The van der Waals surface area contributed by atoms with Gasteiger partial charge >= 0.3 is 0 Å². The highest BCUT2D eigenvalue weighted by atomic mass is 79.9. The molecule has 1 aromatic rings. The minimum atomic E-state index is -0.600. The minimum absolute atomic E-state index is 0.00916. The van der Waals surface area contributed by atoms with E-state index < -0.39 is 5.82 Å². The van der Waals surface area contributed by atoms with Gasteiger partial charge in [-0.1, -0.05) is 24.9 Å². The van der Waals surface area contributed by atoms with Crippen molar-refractivity contribution in [3.05, 3.63) is 33.0 Å². The lowest BCUT2D eigenvalue weighted by molar-refractivity contribution is 0.0952. The first-order valence-electron chi connectivity index (χ1n) is 4.99. The molecule has 1 N–H and O–H groups in total. The van der Waals surface area contributed by atoms with Crippen LogP contribution in [0.2, 0.25) is 5.02 Å². The van der Waals surface area contributed by atoms with Gasteiger partial charge in [-0.2, -0.15) is 0 Å². The maximum Gasteiger partial charge on any atom is 0.251 e. The summed E-state index contributed by atoms with van der Waals surface area (Å²) in [6.07, 6.45) is 1.90. The van der Waals surface area contributed by atoms with Crippen molar-refractivity contribution in [3.63, 3.8) is 0 Å². The van der Waals surface area contributed by atoms with Gasteiger partial charge in [0.05, 0.1) is 5.02 Å². The highest BCUT2D eigenvalue weighted by Crippen LogP contribution is 2.26. The number of unbranched alkanes of at least 4 members (excludes halogenated alkanes) is 1. The van der Waals surface area contributed by atoms with Crippen LogP contribution in [0.5, 0.6) is 0 Å². The molecule has 0 aromatic heterocycles. The van der Waals surface area contributed by atoms with Gasteiger partial charge in [0.15, 0.2) is 0 Å². The zero-order chi connectivity index (χ0) is 12.1. The Morgan fingerprint density at radius 1 is 1.56 bits per heavy atom. The number of halogens is 3. The van der Waals surface area contributed by atoms with Gasteiger partial charge < -0.3 is 5.32 Å². The Hall–Kier alpha value is -0.610. The summed E-state index contributed by atoms with van der Waals surface area (Å²) in [5.74, 6) is -0.888. The second-order valence-corrected chi connectivity index (χ2v) is 4.60. The number of amides is 1. The third kappa shape index (κ3) is 3.46. The number of rotatable bonds is 4.